The second kappa shape index (κ2) is 4.48. The first kappa shape index (κ1) is 12.1. The van der Waals surface area contributed by atoms with E-state index >= 15 is 0 Å². The first-order chi connectivity index (χ1) is 8.49. The van der Waals surface area contributed by atoms with Crippen LogP contribution in [0.5, 0.6) is 0 Å². The molecule has 0 bridgehead atoms. The maximum absolute atomic E-state index is 11.8. The fourth-order valence-corrected chi connectivity index (χ4v) is 1.89. The van der Waals surface area contributed by atoms with Crippen LogP contribution in [0.15, 0.2) is 29.3 Å². The van der Waals surface area contributed by atoms with Gasteiger partial charge in [-0.2, -0.15) is 5.10 Å². The molecule has 0 amide bonds. The third-order valence-corrected chi connectivity index (χ3v) is 2.70. The maximum Gasteiger partial charge on any atom is 0.323 e. The molecule has 18 heavy (non-hydrogen) atoms. The second-order valence-electron chi connectivity index (χ2n) is 4.08. The van der Waals surface area contributed by atoms with Crippen LogP contribution in [0.25, 0.3) is 11.3 Å². The highest BCUT2D eigenvalue weighted by molar-refractivity contribution is 5.67. The van der Waals surface area contributed by atoms with E-state index in [0.29, 0.717) is 0 Å². The SMILES string of the molecule is Cc1cnn(C)c1-c1ccn(CC(=O)O)c(=O)c1. The van der Waals surface area contributed by atoms with Crippen molar-refractivity contribution in [3.63, 3.8) is 0 Å². The Balaban J connectivity index is 2.47. The number of hydrogen-bond donors (Lipinski definition) is 1. The van der Waals surface area contributed by atoms with Gasteiger partial charge in [-0.05, 0) is 18.6 Å². The number of rotatable bonds is 3. The molecule has 1 N–H and O–H groups in total. The summed E-state index contributed by atoms with van der Waals surface area (Å²) in [6.07, 6.45) is 3.20. The highest BCUT2D eigenvalue weighted by Gasteiger charge is 2.09. The van der Waals surface area contributed by atoms with Gasteiger partial charge in [-0.25, -0.2) is 0 Å². The van der Waals surface area contributed by atoms with Gasteiger partial charge < -0.3 is 9.67 Å². The van der Waals surface area contributed by atoms with Crippen molar-refractivity contribution in [2.45, 2.75) is 13.5 Å². The minimum atomic E-state index is -1.04. The zero-order chi connectivity index (χ0) is 13.3. The fourth-order valence-electron chi connectivity index (χ4n) is 1.89. The smallest absolute Gasteiger partial charge is 0.323 e. The number of pyridine rings is 1. The predicted octanol–water partition coefficient (Wildman–Crippen LogP) is 0.642. The number of carboxylic acids is 1. The lowest BCUT2D eigenvalue weighted by molar-refractivity contribution is -0.137. The van der Waals surface area contributed by atoms with Gasteiger partial charge in [0, 0.05) is 24.9 Å². The van der Waals surface area contributed by atoms with Crippen LogP contribution in [-0.4, -0.2) is 25.4 Å². The quantitative estimate of drug-likeness (QED) is 0.863. The molecule has 0 spiro atoms. The van der Waals surface area contributed by atoms with E-state index in [1.54, 1.807) is 24.0 Å². The molecule has 0 unspecified atom stereocenters. The highest BCUT2D eigenvalue weighted by Crippen LogP contribution is 2.20. The third kappa shape index (κ3) is 2.17. The number of aliphatic carboxylic acids is 1. The average molecular weight is 247 g/mol. The van der Waals surface area contributed by atoms with Crippen molar-refractivity contribution in [1.82, 2.24) is 14.3 Å². The summed E-state index contributed by atoms with van der Waals surface area (Å²) >= 11 is 0. The van der Waals surface area contributed by atoms with Crippen molar-refractivity contribution in [2.75, 3.05) is 0 Å². The highest BCUT2D eigenvalue weighted by atomic mass is 16.4. The summed E-state index contributed by atoms with van der Waals surface area (Å²) in [5.74, 6) is -1.04. The van der Waals surface area contributed by atoms with E-state index < -0.39 is 5.97 Å². The largest absolute Gasteiger partial charge is 0.480 e. The Kier molecular flexibility index (Phi) is 3.01. The number of hydrogen-bond acceptors (Lipinski definition) is 3. The van der Waals surface area contributed by atoms with E-state index in [9.17, 15) is 9.59 Å². The summed E-state index contributed by atoms with van der Waals surface area (Å²) in [5.41, 5.74) is 2.22. The van der Waals surface area contributed by atoms with E-state index in [0.717, 1.165) is 21.4 Å². The first-order valence-electron chi connectivity index (χ1n) is 5.40. The molecule has 2 aromatic heterocycles. The number of aryl methyl sites for hydroxylation is 2. The van der Waals surface area contributed by atoms with E-state index in [1.165, 1.54) is 12.3 Å². The van der Waals surface area contributed by atoms with Crippen LogP contribution < -0.4 is 5.56 Å². The zero-order valence-electron chi connectivity index (χ0n) is 10.1. The molecule has 0 saturated heterocycles. The molecule has 0 aromatic carbocycles. The summed E-state index contributed by atoms with van der Waals surface area (Å²) in [6.45, 7) is 1.58. The molecular formula is C12H13N3O3. The summed E-state index contributed by atoms with van der Waals surface area (Å²) in [6, 6.07) is 3.14. The summed E-state index contributed by atoms with van der Waals surface area (Å²) in [4.78, 5) is 22.3. The first-order valence-corrected chi connectivity index (χ1v) is 5.40. The fraction of sp³-hybridized carbons (Fsp3) is 0.250. The van der Waals surface area contributed by atoms with Crippen molar-refractivity contribution in [3.05, 3.63) is 40.4 Å². The van der Waals surface area contributed by atoms with Crippen LogP contribution in [0.2, 0.25) is 0 Å². The standard InChI is InChI=1S/C12H13N3O3/c1-8-6-13-14(2)12(8)9-3-4-15(7-11(17)18)10(16)5-9/h3-6H,7H2,1-2H3,(H,17,18). The van der Waals surface area contributed by atoms with Gasteiger partial charge in [0.2, 0.25) is 0 Å². The van der Waals surface area contributed by atoms with Crippen LogP contribution in [0.1, 0.15) is 5.56 Å². The van der Waals surface area contributed by atoms with E-state index in [-0.39, 0.29) is 12.1 Å². The molecule has 0 fully saturated rings. The molecular weight excluding hydrogens is 234 g/mol. The van der Waals surface area contributed by atoms with Gasteiger partial charge in [0.25, 0.3) is 5.56 Å². The van der Waals surface area contributed by atoms with Gasteiger partial charge in [0.05, 0.1) is 11.9 Å². The predicted molar refractivity (Wildman–Crippen MR) is 65.3 cm³/mol. The number of carbonyl (C=O) groups is 1. The number of carboxylic acid groups (broad SMARTS) is 1. The monoisotopic (exact) mass is 247 g/mol. The molecule has 0 saturated carbocycles. The van der Waals surface area contributed by atoms with Crippen molar-refractivity contribution >= 4 is 5.97 Å². The minimum Gasteiger partial charge on any atom is -0.480 e. The van der Waals surface area contributed by atoms with Crippen molar-refractivity contribution in [2.24, 2.45) is 7.05 Å². The topological polar surface area (TPSA) is 77.1 Å². The number of nitrogens with zero attached hydrogens (tertiary/aromatic N) is 3. The molecule has 0 aliphatic heterocycles. The van der Waals surface area contributed by atoms with E-state index in [2.05, 4.69) is 5.10 Å². The van der Waals surface area contributed by atoms with Crippen LogP contribution in [-0.2, 0) is 18.4 Å². The molecule has 2 rings (SSSR count). The minimum absolute atomic E-state index is 0.330. The van der Waals surface area contributed by atoms with E-state index in [4.69, 9.17) is 5.11 Å². The van der Waals surface area contributed by atoms with Crippen LogP contribution in [0.4, 0.5) is 0 Å². The molecule has 6 nitrogen and oxygen atoms in total. The molecule has 0 radical (unpaired) electrons. The summed E-state index contributed by atoms with van der Waals surface area (Å²) < 4.78 is 2.84. The van der Waals surface area contributed by atoms with Crippen LogP contribution >= 0.6 is 0 Å². The van der Waals surface area contributed by atoms with Gasteiger partial charge in [0.15, 0.2) is 0 Å². The Bertz CT molecular complexity index is 635. The Morgan fingerprint density at radius 1 is 1.50 bits per heavy atom. The molecule has 2 heterocycles. The lowest BCUT2D eigenvalue weighted by atomic mass is 10.1. The summed E-state index contributed by atoms with van der Waals surface area (Å²) in [5, 5.41) is 12.8. The molecule has 0 atom stereocenters. The molecule has 94 valence electrons. The average Bonchev–Trinajstić information content (AvgIpc) is 2.61. The van der Waals surface area contributed by atoms with Gasteiger partial charge in [-0.15, -0.1) is 0 Å². The summed E-state index contributed by atoms with van der Waals surface area (Å²) in [7, 11) is 1.80. The maximum atomic E-state index is 11.8. The van der Waals surface area contributed by atoms with Crippen molar-refractivity contribution < 1.29 is 9.90 Å². The van der Waals surface area contributed by atoms with E-state index in [1.807, 2.05) is 6.92 Å². The van der Waals surface area contributed by atoms with Gasteiger partial charge in [-0.3, -0.25) is 14.3 Å². The van der Waals surface area contributed by atoms with Crippen LogP contribution in [0, 0.1) is 6.92 Å². The Labute approximate surface area is 103 Å². The molecule has 0 aliphatic rings. The lowest BCUT2D eigenvalue weighted by Gasteiger charge is -2.06. The Morgan fingerprint density at radius 2 is 2.22 bits per heavy atom. The normalized spacial score (nSPS) is 10.6. The Morgan fingerprint density at radius 3 is 2.72 bits per heavy atom. The van der Waals surface area contributed by atoms with Gasteiger partial charge in [-0.1, -0.05) is 0 Å². The zero-order valence-corrected chi connectivity index (χ0v) is 10.1. The van der Waals surface area contributed by atoms with Crippen LogP contribution in [0.3, 0.4) is 0 Å². The molecule has 6 heteroatoms. The third-order valence-electron chi connectivity index (χ3n) is 2.70. The van der Waals surface area contributed by atoms with Crippen molar-refractivity contribution in [1.29, 1.82) is 0 Å². The lowest BCUT2D eigenvalue weighted by Crippen LogP contribution is -2.22. The molecule has 0 aliphatic carbocycles. The van der Waals surface area contributed by atoms with Crippen molar-refractivity contribution in [3.8, 4) is 11.3 Å². The van der Waals surface area contributed by atoms with Gasteiger partial charge >= 0.3 is 5.97 Å². The Hall–Kier alpha value is -2.37. The van der Waals surface area contributed by atoms with Gasteiger partial charge in [0.1, 0.15) is 6.54 Å². The molecule has 2 aromatic rings. The second-order valence-corrected chi connectivity index (χ2v) is 4.08. The number of aromatic nitrogens is 3.